The van der Waals surface area contributed by atoms with E-state index in [1.807, 2.05) is 6.07 Å². The zero-order chi connectivity index (χ0) is 28.3. The fourth-order valence-corrected chi connectivity index (χ4v) is 5.16. The van der Waals surface area contributed by atoms with E-state index in [0.29, 0.717) is 23.9 Å². The first-order valence-electron chi connectivity index (χ1n) is 12.4. The van der Waals surface area contributed by atoms with Gasteiger partial charge in [0, 0.05) is 24.2 Å². The standard InChI is InChI=1S/C28H34F6N2O2/c1-18(2)15-26(7-9-36(10-8-26)17-20-5-6-25(38-4)24(37)13-20)19(3)35-16-21-11-22(27(29,30)31)14-23(12-21)28(32,33)34/h5-6,11-14,18,35,37H,3,7-10,15-17H2,1-2,4H3. The number of phenolic OH excluding ortho intramolecular Hbond substituents is 1. The number of benzene rings is 2. The number of nitrogens with zero attached hydrogens (tertiary/aromatic N) is 1. The molecule has 1 saturated heterocycles. The number of rotatable bonds is 9. The van der Waals surface area contributed by atoms with E-state index < -0.39 is 23.5 Å². The molecule has 1 heterocycles. The number of piperidine rings is 1. The van der Waals surface area contributed by atoms with Crippen molar-refractivity contribution < 1.29 is 36.2 Å². The molecule has 0 aromatic heterocycles. The molecule has 0 saturated carbocycles. The zero-order valence-electron chi connectivity index (χ0n) is 21.8. The quantitative estimate of drug-likeness (QED) is 0.324. The fraction of sp³-hybridized carbons (Fsp3) is 0.500. The number of allylic oxidation sites excluding steroid dienone is 1. The van der Waals surface area contributed by atoms with Crippen LogP contribution in [0.1, 0.15) is 55.4 Å². The Morgan fingerprint density at radius 2 is 1.58 bits per heavy atom. The summed E-state index contributed by atoms with van der Waals surface area (Å²) in [7, 11) is 1.48. The van der Waals surface area contributed by atoms with E-state index in [-0.39, 0.29) is 29.3 Å². The van der Waals surface area contributed by atoms with Crippen molar-refractivity contribution in [1.82, 2.24) is 10.2 Å². The molecule has 0 radical (unpaired) electrons. The lowest BCUT2D eigenvalue weighted by Gasteiger charge is -2.44. The second kappa shape index (κ2) is 11.5. The SMILES string of the molecule is C=C(NCc1cc(C(F)(F)F)cc(C(F)(F)F)c1)C1(CC(C)C)CCN(Cc2ccc(OC)c(O)c2)CC1. The van der Waals surface area contributed by atoms with Crippen LogP contribution in [0.4, 0.5) is 26.3 Å². The summed E-state index contributed by atoms with van der Waals surface area (Å²) in [5.74, 6) is 0.773. The van der Waals surface area contributed by atoms with Crippen molar-refractivity contribution in [2.24, 2.45) is 11.3 Å². The maximum absolute atomic E-state index is 13.3. The van der Waals surface area contributed by atoms with Crippen LogP contribution >= 0.6 is 0 Å². The minimum atomic E-state index is -4.89. The Labute approximate surface area is 219 Å². The van der Waals surface area contributed by atoms with Crippen LogP contribution in [-0.4, -0.2) is 30.2 Å². The number of hydrogen-bond donors (Lipinski definition) is 2. The molecule has 1 aliphatic rings. The van der Waals surface area contributed by atoms with Gasteiger partial charge in [-0.2, -0.15) is 26.3 Å². The molecule has 4 nitrogen and oxygen atoms in total. The average Bonchev–Trinajstić information content (AvgIpc) is 2.82. The third kappa shape index (κ3) is 7.36. The normalized spacial score (nSPS) is 16.5. The lowest BCUT2D eigenvalue weighted by Crippen LogP contribution is -2.43. The zero-order valence-corrected chi connectivity index (χ0v) is 21.8. The highest BCUT2D eigenvalue weighted by Gasteiger charge is 2.39. The predicted molar refractivity (Wildman–Crippen MR) is 133 cm³/mol. The third-order valence-electron chi connectivity index (χ3n) is 7.06. The van der Waals surface area contributed by atoms with Gasteiger partial charge in [0.25, 0.3) is 0 Å². The van der Waals surface area contributed by atoms with Crippen LogP contribution in [0.3, 0.4) is 0 Å². The average molecular weight is 545 g/mol. The molecule has 3 rings (SSSR count). The van der Waals surface area contributed by atoms with Crippen LogP contribution in [-0.2, 0) is 25.4 Å². The van der Waals surface area contributed by atoms with Gasteiger partial charge in [0.05, 0.1) is 18.2 Å². The van der Waals surface area contributed by atoms with Crippen LogP contribution < -0.4 is 10.1 Å². The molecule has 2 aromatic carbocycles. The van der Waals surface area contributed by atoms with Gasteiger partial charge in [0.2, 0.25) is 0 Å². The molecule has 2 N–H and O–H groups in total. The molecule has 10 heteroatoms. The summed E-state index contributed by atoms with van der Waals surface area (Å²) in [5, 5.41) is 13.1. The Bertz CT molecular complexity index is 1090. The molecule has 210 valence electrons. The number of alkyl halides is 6. The van der Waals surface area contributed by atoms with Crippen molar-refractivity contribution in [3.05, 3.63) is 70.9 Å². The number of aromatic hydroxyl groups is 1. The maximum atomic E-state index is 13.3. The first kappa shape index (κ1) is 29.7. The highest BCUT2D eigenvalue weighted by molar-refractivity contribution is 5.41. The molecule has 2 aromatic rings. The summed E-state index contributed by atoms with van der Waals surface area (Å²) < 4.78 is 84.6. The predicted octanol–water partition coefficient (Wildman–Crippen LogP) is 7.37. The van der Waals surface area contributed by atoms with Gasteiger partial charge < -0.3 is 15.2 Å². The van der Waals surface area contributed by atoms with Crippen LogP contribution in [0.25, 0.3) is 0 Å². The van der Waals surface area contributed by atoms with Crippen LogP contribution in [0.15, 0.2) is 48.7 Å². The van der Waals surface area contributed by atoms with E-state index in [1.165, 1.54) is 7.11 Å². The first-order chi connectivity index (χ1) is 17.6. The number of ether oxygens (including phenoxy) is 1. The van der Waals surface area contributed by atoms with E-state index in [1.54, 1.807) is 12.1 Å². The number of likely N-dealkylation sites (tertiary alicyclic amines) is 1. The number of nitrogens with one attached hydrogen (secondary N) is 1. The molecule has 0 atom stereocenters. The summed E-state index contributed by atoms with van der Waals surface area (Å²) in [6.07, 6.45) is -7.53. The van der Waals surface area contributed by atoms with Gasteiger partial charge in [-0.05, 0) is 79.7 Å². The highest BCUT2D eigenvalue weighted by Crippen LogP contribution is 2.43. The van der Waals surface area contributed by atoms with Gasteiger partial charge >= 0.3 is 12.4 Å². The minimum absolute atomic E-state index is 0.0667. The molecule has 0 bridgehead atoms. The minimum Gasteiger partial charge on any atom is -0.504 e. The second-order valence-electron chi connectivity index (χ2n) is 10.4. The molecule has 0 aliphatic carbocycles. The van der Waals surface area contributed by atoms with Crippen molar-refractivity contribution in [2.75, 3.05) is 20.2 Å². The Morgan fingerprint density at radius 3 is 2.05 bits per heavy atom. The molecular formula is C28H34F6N2O2. The topological polar surface area (TPSA) is 44.7 Å². The van der Waals surface area contributed by atoms with Crippen molar-refractivity contribution in [1.29, 1.82) is 0 Å². The van der Waals surface area contributed by atoms with Gasteiger partial charge in [0.15, 0.2) is 11.5 Å². The van der Waals surface area contributed by atoms with E-state index in [2.05, 4.69) is 30.6 Å². The van der Waals surface area contributed by atoms with Gasteiger partial charge in [-0.15, -0.1) is 0 Å². The molecule has 1 aliphatic heterocycles. The molecule has 1 fully saturated rings. The Kier molecular flexibility index (Phi) is 8.96. The second-order valence-corrected chi connectivity index (χ2v) is 10.4. The van der Waals surface area contributed by atoms with E-state index in [9.17, 15) is 31.4 Å². The monoisotopic (exact) mass is 544 g/mol. The first-order valence-corrected chi connectivity index (χ1v) is 12.4. The highest BCUT2D eigenvalue weighted by atomic mass is 19.4. The molecule has 0 amide bonds. The van der Waals surface area contributed by atoms with Crippen molar-refractivity contribution in [3.63, 3.8) is 0 Å². The van der Waals surface area contributed by atoms with Crippen molar-refractivity contribution in [2.45, 2.75) is 58.6 Å². The number of phenols is 1. The molecular weight excluding hydrogens is 510 g/mol. The molecule has 0 unspecified atom stereocenters. The lowest BCUT2D eigenvalue weighted by molar-refractivity contribution is -0.143. The summed E-state index contributed by atoms with van der Waals surface area (Å²) >= 11 is 0. The van der Waals surface area contributed by atoms with Crippen LogP contribution in [0.2, 0.25) is 0 Å². The van der Waals surface area contributed by atoms with Gasteiger partial charge in [-0.3, -0.25) is 4.90 Å². The molecule has 0 spiro atoms. The number of methoxy groups -OCH3 is 1. The Hall–Kier alpha value is -2.88. The number of hydrogen-bond acceptors (Lipinski definition) is 4. The Morgan fingerprint density at radius 1 is 1.00 bits per heavy atom. The van der Waals surface area contributed by atoms with Crippen LogP contribution in [0.5, 0.6) is 11.5 Å². The number of halogens is 6. The summed E-state index contributed by atoms with van der Waals surface area (Å²) in [6, 6.07) is 6.89. The van der Waals surface area contributed by atoms with E-state index >= 15 is 0 Å². The Balaban J connectivity index is 1.72. The lowest BCUT2D eigenvalue weighted by atomic mass is 9.70. The summed E-state index contributed by atoms with van der Waals surface area (Å²) in [6.45, 7) is 10.2. The molecule has 38 heavy (non-hydrogen) atoms. The van der Waals surface area contributed by atoms with Gasteiger partial charge in [-0.1, -0.05) is 26.5 Å². The largest absolute Gasteiger partial charge is 0.504 e. The van der Waals surface area contributed by atoms with Gasteiger partial charge in [-0.25, -0.2) is 0 Å². The maximum Gasteiger partial charge on any atom is 0.416 e. The summed E-state index contributed by atoms with van der Waals surface area (Å²) in [5.41, 5.74) is -1.56. The van der Waals surface area contributed by atoms with Crippen molar-refractivity contribution >= 4 is 0 Å². The summed E-state index contributed by atoms with van der Waals surface area (Å²) in [4.78, 5) is 2.25. The van der Waals surface area contributed by atoms with Crippen molar-refractivity contribution in [3.8, 4) is 11.5 Å². The third-order valence-corrected chi connectivity index (χ3v) is 7.06. The van der Waals surface area contributed by atoms with E-state index in [0.717, 1.165) is 50.0 Å². The van der Waals surface area contributed by atoms with Gasteiger partial charge in [0.1, 0.15) is 0 Å². The smallest absolute Gasteiger partial charge is 0.416 e. The fourth-order valence-electron chi connectivity index (χ4n) is 5.16. The van der Waals surface area contributed by atoms with E-state index in [4.69, 9.17) is 4.74 Å². The van der Waals surface area contributed by atoms with Crippen LogP contribution in [0, 0.1) is 11.3 Å².